The molecular weight excluding hydrogens is 238 g/mol. The maximum absolute atomic E-state index is 11.4. The molecule has 0 saturated carbocycles. The minimum absolute atomic E-state index is 0.0350. The Kier molecular flexibility index (Phi) is 3.00. The summed E-state index contributed by atoms with van der Waals surface area (Å²) in [7, 11) is 0. The molecular formula is C10H9N5O3. The molecule has 0 bridgehead atoms. The van der Waals surface area contributed by atoms with E-state index in [4.69, 9.17) is 10.8 Å². The first-order valence-corrected chi connectivity index (χ1v) is 4.95. The summed E-state index contributed by atoms with van der Waals surface area (Å²) in [5.41, 5.74) is 5.02. The second-order valence-corrected chi connectivity index (χ2v) is 3.42. The van der Waals surface area contributed by atoms with Crippen LogP contribution in [0.3, 0.4) is 0 Å². The molecule has 0 unspecified atom stereocenters. The Morgan fingerprint density at radius 1 is 1.50 bits per heavy atom. The number of anilines is 1. The molecule has 3 N–H and O–H groups in total. The summed E-state index contributed by atoms with van der Waals surface area (Å²) < 4.78 is 1.14. The second kappa shape index (κ2) is 4.62. The number of nitrogens with two attached hydrogens (primary N) is 1. The Morgan fingerprint density at radius 2 is 2.28 bits per heavy atom. The molecule has 0 radical (unpaired) electrons. The molecule has 0 atom stereocenters. The molecule has 2 aromatic heterocycles. The van der Waals surface area contributed by atoms with E-state index in [9.17, 15) is 9.59 Å². The van der Waals surface area contributed by atoms with Gasteiger partial charge in [-0.1, -0.05) is 0 Å². The zero-order chi connectivity index (χ0) is 13.1. The molecule has 0 amide bonds. The highest BCUT2D eigenvalue weighted by molar-refractivity contribution is 5.90. The monoisotopic (exact) mass is 247 g/mol. The van der Waals surface area contributed by atoms with Gasteiger partial charge in [-0.2, -0.15) is 5.10 Å². The number of hydrogen-bond donors (Lipinski definition) is 2. The lowest BCUT2D eigenvalue weighted by molar-refractivity contribution is 0.0691. The fraction of sp³-hybridized carbons (Fsp3) is 0.100. The number of carboxylic acids is 1. The molecule has 8 nitrogen and oxygen atoms in total. The first kappa shape index (κ1) is 11.7. The SMILES string of the molecule is Nc1ncc(Cn2ncccc2=O)nc1C(=O)O. The van der Waals surface area contributed by atoms with Crippen LogP contribution in [-0.2, 0) is 6.54 Å². The number of rotatable bonds is 3. The predicted molar refractivity (Wildman–Crippen MR) is 61.0 cm³/mol. The highest BCUT2D eigenvalue weighted by Crippen LogP contribution is 2.06. The maximum atomic E-state index is 11.4. The molecule has 0 saturated heterocycles. The minimum atomic E-state index is -1.27. The quantitative estimate of drug-likeness (QED) is 0.739. The van der Waals surface area contributed by atoms with E-state index in [1.54, 1.807) is 0 Å². The van der Waals surface area contributed by atoms with E-state index in [0.717, 1.165) is 4.68 Å². The van der Waals surface area contributed by atoms with Crippen LogP contribution in [0.1, 0.15) is 16.2 Å². The average molecular weight is 247 g/mol. The molecule has 2 aromatic rings. The Morgan fingerprint density at radius 3 is 2.94 bits per heavy atom. The normalized spacial score (nSPS) is 10.2. The van der Waals surface area contributed by atoms with Crippen molar-refractivity contribution in [3.05, 3.63) is 46.3 Å². The van der Waals surface area contributed by atoms with Crippen LogP contribution in [0.15, 0.2) is 29.3 Å². The topological polar surface area (TPSA) is 124 Å². The van der Waals surface area contributed by atoms with Crippen LogP contribution >= 0.6 is 0 Å². The van der Waals surface area contributed by atoms with Crippen molar-refractivity contribution in [3.63, 3.8) is 0 Å². The predicted octanol–water partition coefficient (Wildman–Crippen LogP) is -0.638. The van der Waals surface area contributed by atoms with Crippen LogP contribution in [0, 0.1) is 0 Å². The number of hydrogen-bond acceptors (Lipinski definition) is 6. The van der Waals surface area contributed by atoms with Crippen LogP contribution in [0.4, 0.5) is 5.82 Å². The third-order valence-corrected chi connectivity index (χ3v) is 2.15. The number of aromatic nitrogens is 4. The van der Waals surface area contributed by atoms with E-state index in [2.05, 4.69) is 15.1 Å². The van der Waals surface area contributed by atoms with Gasteiger partial charge < -0.3 is 10.8 Å². The van der Waals surface area contributed by atoms with Gasteiger partial charge in [0, 0.05) is 12.3 Å². The Bertz CT molecular complexity index is 652. The van der Waals surface area contributed by atoms with Crippen LogP contribution in [0.25, 0.3) is 0 Å². The lowest BCUT2D eigenvalue weighted by atomic mass is 10.3. The number of nitrogen functional groups attached to an aromatic ring is 1. The maximum Gasteiger partial charge on any atom is 0.358 e. The van der Waals surface area contributed by atoms with Gasteiger partial charge in [0.25, 0.3) is 5.56 Å². The largest absolute Gasteiger partial charge is 0.476 e. The first-order valence-electron chi connectivity index (χ1n) is 4.95. The van der Waals surface area contributed by atoms with E-state index in [-0.39, 0.29) is 23.6 Å². The lowest BCUT2D eigenvalue weighted by Gasteiger charge is -2.04. The van der Waals surface area contributed by atoms with Crippen LogP contribution in [0.2, 0.25) is 0 Å². The summed E-state index contributed by atoms with van der Waals surface area (Å²) in [6.45, 7) is 0.0350. The number of carboxylic acid groups (broad SMARTS) is 1. The van der Waals surface area contributed by atoms with Gasteiger partial charge in [-0.25, -0.2) is 19.4 Å². The Labute approximate surface area is 101 Å². The molecule has 0 aromatic carbocycles. The first-order chi connectivity index (χ1) is 8.58. The van der Waals surface area contributed by atoms with Crippen molar-refractivity contribution >= 4 is 11.8 Å². The standard InChI is InChI=1S/C10H9N5O3/c11-9-8(10(17)18)14-6(4-12-9)5-15-7(16)2-1-3-13-15/h1-4H,5H2,(H2,11,12)(H,17,18). The summed E-state index contributed by atoms with van der Waals surface area (Å²) in [6, 6.07) is 2.85. The van der Waals surface area contributed by atoms with Crippen molar-refractivity contribution in [2.45, 2.75) is 6.54 Å². The van der Waals surface area contributed by atoms with Crippen molar-refractivity contribution in [1.29, 1.82) is 0 Å². The summed E-state index contributed by atoms with van der Waals surface area (Å²) in [5.74, 6) is -1.44. The van der Waals surface area contributed by atoms with Gasteiger partial charge >= 0.3 is 5.97 Å². The third-order valence-electron chi connectivity index (χ3n) is 2.15. The second-order valence-electron chi connectivity index (χ2n) is 3.42. The van der Waals surface area contributed by atoms with Crippen molar-refractivity contribution in [3.8, 4) is 0 Å². The fourth-order valence-electron chi connectivity index (χ4n) is 1.33. The Balaban J connectivity index is 2.36. The van der Waals surface area contributed by atoms with E-state index in [1.165, 1.54) is 24.5 Å². The molecule has 92 valence electrons. The molecule has 0 spiro atoms. The number of nitrogens with zero attached hydrogens (tertiary/aromatic N) is 4. The molecule has 0 aliphatic heterocycles. The summed E-state index contributed by atoms with van der Waals surface area (Å²) in [4.78, 5) is 29.8. The number of carbonyl (C=O) groups is 1. The zero-order valence-corrected chi connectivity index (χ0v) is 9.15. The van der Waals surface area contributed by atoms with Gasteiger partial charge in [0.15, 0.2) is 11.5 Å². The molecule has 2 heterocycles. The zero-order valence-electron chi connectivity index (χ0n) is 9.15. The summed E-state index contributed by atoms with van der Waals surface area (Å²) in [6.07, 6.45) is 2.76. The van der Waals surface area contributed by atoms with Crippen molar-refractivity contribution in [2.75, 3.05) is 5.73 Å². The Hall–Kier alpha value is -2.77. The van der Waals surface area contributed by atoms with Crippen LogP contribution < -0.4 is 11.3 Å². The third kappa shape index (κ3) is 2.32. The van der Waals surface area contributed by atoms with Gasteiger partial charge in [-0.05, 0) is 6.07 Å². The summed E-state index contributed by atoms with van der Waals surface area (Å²) in [5, 5.41) is 12.7. The highest BCUT2D eigenvalue weighted by atomic mass is 16.4. The average Bonchev–Trinajstić information content (AvgIpc) is 2.34. The van der Waals surface area contributed by atoms with Gasteiger partial charge in [0.05, 0.1) is 18.4 Å². The molecule has 0 aliphatic rings. The number of aromatic carboxylic acids is 1. The van der Waals surface area contributed by atoms with Crippen molar-refractivity contribution < 1.29 is 9.90 Å². The van der Waals surface area contributed by atoms with Gasteiger partial charge in [-0.3, -0.25) is 4.79 Å². The van der Waals surface area contributed by atoms with E-state index in [0.29, 0.717) is 5.69 Å². The molecule has 0 aliphatic carbocycles. The molecule has 0 fully saturated rings. The molecule has 2 rings (SSSR count). The van der Waals surface area contributed by atoms with Crippen LogP contribution in [0.5, 0.6) is 0 Å². The lowest BCUT2D eigenvalue weighted by Crippen LogP contribution is -2.23. The van der Waals surface area contributed by atoms with E-state index < -0.39 is 5.97 Å². The van der Waals surface area contributed by atoms with Crippen molar-refractivity contribution in [1.82, 2.24) is 19.7 Å². The van der Waals surface area contributed by atoms with Gasteiger partial charge in [0.1, 0.15) is 0 Å². The minimum Gasteiger partial charge on any atom is -0.476 e. The summed E-state index contributed by atoms with van der Waals surface area (Å²) >= 11 is 0. The van der Waals surface area contributed by atoms with Gasteiger partial charge in [-0.15, -0.1) is 0 Å². The smallest absolute Gasteiger partial charge is 0.358 e. The van der Waals surface area contributed by atoms with E-state index >= 15 is 0 Å². The highest BCUT2D eigenvalue weighted by Gasteiger charge is 2.12. The van der Waals surface area contributed by atoms with Gasteiger partial charge in [0.2, 0.25) is 0 Å². The molecule has 8 heteroatoms. The van der Waals surface area contributed by atoms with Crippen LogP contribution in [-0.4, -0.2) is 30.8 Å². The van der Waals surface area contributed by atoms with E-state index in [1.807, 2.05) is 0 Å². The van der Waals surface area contributed by atoms with Crippen molar-refractivity contribution in [2.24, 2.45) is 0 Å². The fourth-order valence-corrected chi connectivity index (χ4v) is 1.33. The molecule has 18 heavy (non-hydrogen) atoms.